The van der Waals surface area contributed by atoms with Crippen LogP contribution in [-0.2, 0) is 9.59 Å². The Labute approximate surface area is 204 Å². The zero-order valence-electron chi connectivity index (χ0n) is 19.1. The van der Waals surface area contributed by atoms with Crippen LogP contribution in [0.1, 0.15) is 37.3 Å². The van der Waals surface area contributed by atoms with Crippen molar-refractivity contribution in [1.29, 1.82) is 0 Å². The van der Waals surface area contributed by atoms with Gasteiger partial charge in [-0.3, -0.25) is 4.79 Å². The minimum Gasteiger partial charge on any atom is -0.543 e. The summed E-state index contributed by atoms with van der Waals surface area (Å²) < 4.78 is 3.31. The highest BCUT2D eigenvalue weighted by Crippen LogP contribution is 2.52. The van der Waals surface area contributed by atoms with Crippen LogP contribution < -0.4 is 20.6 Å². The van der Waals surface area contributed by atoms with Crippen molar-refractivity contribution in [3.05, 3.63) is 22.6 Å². The molecule has 0 bridgehead atoms. The van der Waals surface area contributed by atoms with Crippen LogP contribution in [0, 0.1) is 18.8 Å². The van der Waals surface area contributed by atoms with Crippen molar-refractivity contribution in [2.45, 2.75) is 56.0 Å². The first-order valence-electron chi connectivity index (χ1n) is 11.3. The fourth-order valence-corrected chi connectivity index (χ4v) is 8.29. The number of β-lactam (4-membered cyclic amide) rings is 1. The molecular formula is C22H27N5O5S2. The largest absolute Gasteiger partial charge is 0.543 e. The number of thiazole rings is 1. The van der Waals surface area contributed by atoms with Crippen molar-refractivity contribution in [2.24, 2.45) is 17.6 Å². The summed E-state index contributed by atoms with van der Waals surface area (Å²) in [7, 11) is 0. The van der Waals surface area contributed by atoms with Gasteiger partial charge in [-0.2, -0.15) is 4.40 Å². The van der Waals surface area contributed by atoms with Crippen molar-refractivity contribution >= 4 is 51.4 Å². The summed E-state index contributed by atoms with van der Waals surface area (Å²) in [6.45, 7) is 7.12. The first-order valence-corrected chi connectivity index (χ1v) is 13.0. The molecule has 2 amide bonds. The smallest absolute Gasteiger partial charge is 0.411 e. The standard InChI is InChI=1S/C22H27N5O5S2/c1-9-13(16(21(30)31)27-15(9)14(11(3)28)18(27)29)17-10(2)25-8-26(22(23)32)20(19(25)34-17)33-12-4-6-24-7-5-12/h8-9,11-12,14-15,24,28H,4-7H2,1-3H3,(H2-,23,30,31,32)/t9-,11+,14+,15+/m0/s1. The van der Waals surface area contributed by atoms with Gasteiger partial charge in [-0.15, -0.1) is 4.57 Å². The van der Waals surface area contributed by atoms with Gasteiger partial charge in [-0.05, 0) is 39.8 Å². The number of hydrogen-bond acceptors (Lipinski definition) is 8. The molecule has 0 saturated carbocycles. The van der Waals surface area contributed by atoms with Gasteiger partial charge in [-0.25, -0.2) is 4.79 Å². The zero-order valence-corrected chi connectivity index (χ0v) is 20.7. The number of carboxylic acid groups (broad SMARTS) is 1. The lowest BCUT2D eigenvalue weighted by Gasteiger charge is -2.47. The Bertz CT molecular complexity index is 1240. The number of rotatable bonds is 5. The molecule has 3 aliphatic heterocycles. The van der Waals surface area contributed by atoms with Crippen LogP contribution in [0.4, 0.5) is 4.79 Å². The lowest BCUT2D eigenvalue weighted by molar-refractivity contribution is -0.515. The van der Waals surface area contributed by atoms with E-state index in [4.69, 9.17) is 5.73 Å². The molecule has 4 atom stereocenters. The highest BCUT2D eigenvalue weighted by Gasteiger charge is 2.59. The Kier molecular flexibility index (Phi) is 5.74. The lowest BCUT2D eigenvalue weighted by Crippen LogP contribution is -2.64. The Balaban J connectivity index is 1.63. The number of fused-ring (bicyclic) bond motifs is 2. The number of aryl methyl sites for hydroxylation is 1. The number of carbonyl (C=O) groups excluding carboxylic acids is 3. The Hall–Kier alpha value is -2.41. The van der Waals surface area contributed by atoms with E-state index >= 15 is 0 Å². The molecule has 3 aliphatic rings. The van der Waals surface area contributed by atoms with E-state index in [9.17, 15) is 24.6 Å². The van der Waals surface area contributed by atoms with E-state index in [1.165, 1.54) is 20.8 Å². The number of amides is 2. The van der Waals surface area contributed by atoms with Gasteiger partial charge in [0.05, 0.1) is 34.6 Å². The van der Waals surface area contributed by atoms with Crippen LogP contribution in [0.5, 0.6) is 0 Å². The van der Waals surface area contributed by atoms with Crippen LogP contribution in [0.2, 0.25) is 0 Å². The Morgan fingerprint density at radius 3 is 2.65 bits per heavy atom. The molecule has 0 unspecified atom stereocenters. The first kappa shape index (κ1) is 23.3. The average Bonchev–Trinajstić information content (AvgIpc) is 3.37. The van der Waals surface area contributed by atoms with E-state index in [2.05, 4.69) is 5.32 Å². The maximum absolute atomic E-state index is 12.7. The van der Waals surface area contributed by atoms with Crippen molar-refractivity contribution in [1.82, 2.24) is 14.8 Å². The number of aliphatic hydroxyl groups is 1. The average molecular weight is 506 g/mol. The van der Waals surface area contributed by atoms with Gasteiger partial charge < -0.3 is 31.0 Å². The maximum atomic E-state index is 12.7. The lowest BCUT2D eigenvalue weighted by atomic mass is 9.77. The number of nitrogens with one attached hydrogen (secondary N) is 1. The third kappa shape index (κ3) is 3.30. The van der Waals surface area contributed by atoms with Gasteiger partial charge in [0.25, 0.3) is 6.33 Å². The summed E-state index contributed by atoms with van der Waals surface area (Å²) in [4.78, 5) is 39.9. The Morgan fingerprint density at radius 1 is 1.38 bits per heavy atom. The van der Waals surface area contributed by atoms with Crippen LogP contribution in [0.3, 0.4) is 0 Å². The number of nitrogens with zero attached hydrogens (tertiary/aromatic N) is 3. The molecule has 0 radical (unpaired) electrons. The fraction of sp³-hybridized carbons (Fsp3) is 0.545. The van der Waals surface area contributed by atoms with Crippen LogP contribution >= 0.6 is 23.1 Å². The molecule has 5 heterocycles. The minimum absolute atomic E-state index is 0.123. The summed E-state index contributed by atoms with van der Waals surface area (Å²) in [5.41, 5.74) is 6.84. The number of nitrogens with two attached hydrogens (primary N) is 1. The molecule has 0 spiro atoms. The molecule has 2 saturated heterocycles. The number of carbonyl (C=O) groups is 3. The molecule has 0 aliphatic carbocycles. The second kappa shape index (κ2) is 8.36. The van der Waals surface area contributed by atoms with Crippen LogP contribution in [0.15, 0.2) is 17.1 Å². The second-order valence-corrected chi connectivity index (χ2v) is 11.5. The molecule has 4 N–H and O–H groups in total. The predicted molar refractivity (Wildman–Crippen MR) is 124 cm³/mol. The normalized spacial score (nSPS) is 26.2. The number of carboxylic acids is 1. The van der Waals surface area contributed by atoms with Crippen LogP contribution in [0.25, 0.3) is 10.4 Å². The van der Waals surface area contributed by atoms with Crippen molar-refractivity contribution < 1.29 is 29.0 Å². The number of imidazole rings is 1. The SMILES string of the molecule is Cc1c(C2=C(C(=O)[O-])N3C(=O)[C@H]([C@@H](C)O)[C@H]3[C@H]2C)sc2c(SC3CCNCC3)n(C(N)=O)c[n+]12. The molecule has 2 aromatic rings. The highest BCUT2D eigenvalue weighted by atomic mass is 32.2. The highest BCUT2D eigenvalue weighted by molar-refractivity contribution is 8.00. The zero-order chi connectivity index (χ0) is 24.5. The van der Waals surface area contributed by atoms with Crippen molar-refractivity contribution in [2.75, 3.05) is 13.1 Å². The molecule has 2 fully saturated rings. The monoisotopic (exact) mass is 505 g/mol. The molecular weight excluding hydrogens is 478 g/mol. The Morgan fingerprint density at radius 2 is 2.06 bits per heavy atom. The third-order valence-electron chi connectivity index (χ3n) is 7.15. The van der Waals surface area contributed by atoms with Crippen LogP contribution in [-0.4, -0.2) is 63.0 Å². The number of primary amides is 1. The molecule has 10 nitrogen and oxygen atoms in total. The van der Waals surface area contributed by atoms with Gasteiger partial charge in [-0.1, -0.05) is 30.0 Å². The van der Waals surface area contributed by atoms with E-state index in [0.29, 0.717) is 10.8 Å². The molecule has 12 heteroatoms. The predicted octanol–water partition coefficient (Wildman–Crippen LogP) is -0.314. The molecule has 0 aromatic carbocycles. The van der Waals surface area contributed by atoms with E-state index in [-0.39, 0.29) is 11.6 Å². The van der Waals surface area contributed by atoms with E-state index < -0.39 is 36.0 Å². The second-order valence-electron chi connectivity index (χ2n) is 9.19. The molecule has 34 heavy (non-hydrogen) atoms. The van der Waals surface area contributed by atoms with Crippen molar-refractivity contribution in [3.8, 4) is 0 Å². The van der Waals surface area contributed by atoms with E-state index in [0.717, 1.165) is 46.4 Å². The third-order valence-corrected chi connectivity index (χ3v) is 10.0. The number of thioether (sulfide) groups is 1. The topological polar surface area (TPSA) is 145 Å². The molecule has 182 valence electrons. The number of aliphatic carboxylic acids is 1. The van der Waals surface area contributed by atoms with E-state index in [1.807, 2.05) is 18.2 Å². The van der Waals surface area contributed by atoms with Gasteiger partial charge >= 0.3 is 6.03 Å². The molecule has 5 rings (SSSR count). The number of piperidine rings is 1. The first-order chi connectivity index (χ1) is 16.1. The number of hydrogen-bond donors (Lipinski definition) is 3. The van der Waals surface area contributed by atoms with Gasteiger partial charge in [0.2, 0.25) is 15.8 Å². The van der Waals surface area contributed by atoms with Gasteiger partial charge in [0.1, 0.15) is 5.69 Å². The van der Waals surface area contributed by atoms with Crippen molar-refractivity contribution in [3.63, 3.8) is 0 Å². The maximum Gasteiger partial charge on any atom is 0.411 e. The summed E-state index contributed by atoms with van der Waals surface area (Å²) in [5.74, 6) is -2.74. The van der Waals surface area contributed by atoms with Gasteiger partial charge in [0.15, 0.2) is 0 Å². The summed E-state index contributed by atoms with van der Waals surface area (Å²) in [5, 5.41) is 26.7. The molecule has 2 aromatic heterocycles. The van der Waals surface area contributed by atoms with Gasteiger partial charge in [0, 0.05) is 16.7 Å². The number of aliphatic hydroxyl groups excluding tert-OH is 1. The quantitative estimate of drug-likeness (QED) is 0.373. The fourth-order valence-electron chi connectivity index (χ4n) is 5.48. The number of aromatic nitrogens is 2. The summed E-state index contributed by atoms with van der Waals surface area (Å²) >= 11 is 3.01. The summed E-state index contributed by atoms with van der Waals surface area (Å²) in [6, 6.07) is -0.998. The minimum atomic E-state index is -1.41. The van der Waals surface area contributed by atoms with E-state index in [1.54, 1.807) is 25.0 Å². The summed E-state index contributed by atoms with van der Waals surface area (Å²) in [6.07, 6.45) is 2.71.